The quantitative estimate of drug-likeness (QED) is 0.674. The van der Waals surface area contributed by atoms with Crippen LogP contribution in [0.1, 0.15) is 59.8 Å². The van der Waals surface area contributed by atoms with Crippen LogP contribution in [0.25, 0.3) is 11.4 Å². The second-order valence-corrected chi connectivity index (χ2v) is 9.23. The summed E-state index contributed by atoms with van der Waals surface area (Å²) in [6, 6.07) is 9.78. The highest BCUT2D eigenvalue weighted by Gasteiger charge is 2.45. The number of aromatic amines is 1. The van der Waals surface area contributed by atoms with Gasteiger partial charge in [-0.3, -0.25) is 9.59 Å². The van der Waals surface area contributed by atoms with Gasteiger partial charge in [0.1, 0.15) is 11.6 Å². The molecule has 1 fully saturated rings. The number of carbonyl (C=O) groups is 1. The summed E-state index contributed by atoms with van der Waals surface area (Å²) in [5.41, 5.74) is 2.51. The van der Waals surface area contributed by atoms with Gasteiger partial charge in [-0.15, -0.1) is 10.2 Å². The molecule has 1 spiro atoms. The highest BCUT2D eigenvalue weighted by molar-refractivity contribution is 5.91. The fraction of sp³-hybridized carbons (Fsp3) is 0.458. The number of nitrogens with one attached hydrogen (secondary N) is 1. The Kier molecular flexibility index (Phi) is 4.48. The first-order chi connectivity index (χ1) is 15.6. The minimum Gasteiger partial charge on any atom is -0.336 e. The van der Waals surface area contributed by atoms with Crippen molar-refractivity contribution in [1.82, 2.24) is 29.6 Å². The SMILES string of the molecule is O=C(c1nnc2n1CCCC2)N1CCC2(CCc3c2nc(-c2ccccc2)[nH]c3=O)CC1. The monoisotopic (exact) mass is 430 g/mol. The third-order valence-corrected chi connectivity index (χ3v) is 7.48. The van der Waals surface area contributed by atoms with Gasteiger partial charge in [-0.05, 0) is 38.5 Å². The van der Waals surface area contributed by atoms with Crippen LogP contribution in [0, 0.1) is 0 Å². The third-order valence-electron chi connectivity index (χ3n) is 7.48. The predicted molar refractivity (Wildman–Crippen MR) is 118 cm³/mol. The maximum atomic E-state index is 13.2. The number of carbonyl (C=O) groups excluding carboxylic acids is 1. The Labute approximate surface area is 185 Å². The molecule has 2 aliphatic heterocycles. The number of hydrogen-bond acceptors (Lipinski definition) is 5. The van der Waals surface area contributed by atoms with E-state index in [1.807, 2.05) is 39.8 Å². The molecule has 1 aromatic carbocycles. The fourth-order valence-corrected chi connectivity index (χ4v) is 5.62. The topological polar surface area (TPSA) is 96.8 Å². The number of fused-ring (bicyclic) bond motifs is 3. The number of aromatic nitrogens is 5. The predicted octanol–water partition coefficient (Wildman–Crippen LogP) is 2.48. The minimum atomic E-state index is -0.131. The standard InChI is InChI=1S/C24H26N6O2/c31-22-17-9-10-24(19(17)25-20(26-22)16-6-2-1-3-7-16)11-14-29(15-12-24)23(32)21-28-27-18-8-4-5-13-30(18)21/h1-3,6-7H,4-5,8-15H2,(H,25,26,31). The molecule has 2 aromatic heterocycles. The van der Waals surface area contributed by atoms with Crippen LogP contribution in [0.2, 0.25) is 0 Å². The largest absolute Gasteiger partial charge is 0.336 e. The summed E-state index contributed by atoms with van der Waals surface area (Å²) in [6.07, 6.45) is 6.36. The van der Waals surface area contributed by atoms with Crippen LogP contribution in [0.15, 0.2) is 35.1 Å². The van der Waals surface area contributed by atoms with Crippen molar-refractivity contribution in [2.45, 2.75) is 56.9 Å². The van der Waals surface area contributed by atoms with Gasteiger partial charge in [-0.1, -0.05) is 30.3 Å². The van der Waals surface area contributed by atoms with Crippen molar-refractivity contribution in [1.29, 1.82) is 0 Å². The smallest absolute Gasteiger partial charge is 0.291 e. The molecule has 0 unspecified atom stereocenters. The molecule has 0 atom stereocenters. The lowest BCUT2D eigenvalue weighted by Gasteiger charge is -2.39. The molecule has 32 heavy (non-hydrogen) atoms. The zero-order chi connectivity index (χ0) is 21.7. The lowest BCUT2D eigenvalue weighted by Crippen LogP contribution is -2.45. The van der Waals surface area contributed by atoms with Gasteiger partial charge in [-0.2, -0.15) is 0 Å². The van der Waals surface area contributed by atoms with Gasteiger partial charge >= 0.3 is 0 Å². The zero-order valence-corrected chi connectivity index (χ0v) is 18.0. The van der Waals surface area contributed by atoms with Gasteiger partial charge in [0.15, 0.2) is 0 Å². The summed E-state index contributed by atoms with van der Waals surface area (Å²) in [5.74, 6) is 2.00. The molecule has 0 radical (unpaired) electrons. The molecule has 164 valence electrons. The van der Waals surface area contributed by atoms with E-state index in [1.54, 1.807) is 0 Å². The van der Waals surface area contributed by atoms with E-state index in [9.17, 15) is 9.59 Å². The van der Waals surface area contributed by atoms with E-state index in [1.165, 1.54) is 0 Å². The van der Waals surface area contributed by atoms with E-state index in [4.69, 9.17) is 4.98 Å². The van der Waals surface area contributed by atoms with E-state index in [2.05, 4.69) is 15.2 Å². The van der Waals surface area contributed by atoms with Crippen molar-refractivity contribution >= 4 is 5.91 Å². The van der Waals surface area contributed by atoms with E-state index < -0.39 is 0 Å². The zero-order valence-electron chi connectivity index (χ0n) is 18.0. The molecule has 1 N–H and O–H groups in total. The number of likely N-dealkylation sites (tertiary alicyclic amines) is 1. The maximum absolute atomic E-state index is 13.2. The highest BCUT2D eigenvalue weighted by Crippen LogP contribution is 2.44. The summed E-state index contributed by atoms with van der Waals surface area (Å²) in [7, 11) is 0. The lowest BCUT2D eigenvalue weighted by atomic mass is 9.76. The number of amides is 1. The Balaban J connectivity index is 1.26. The number of H-pyrrole nitrogens is 1. The van der Waals surface area contributed by atoms with Crippen LogP contribution in [0.4, 0.5) is 0 Å². The van der Waals surface area contributed by atoms with Gasteiger partial charge in [0, 0.05) is 42.6 Å². The van der Waals surface area contributed by atoms with E-state index in [0.717, 1.165) is 74.1 Å². The van der Waals surface area contributed by atoms with Crippen LogP contribution < -0.4 is 5.56 Å². The molecule has 0 bridgehead atoms. The summed E-state index contributed by atoms with van der Waals surface area (Å²) in [4.78, 5) is 35.9. The van der Waals surface area contributed by atoms with Crippen molar-refractivity contribution in [3.05, 3.63) is 63.6 Å². The Morgan fingerprint density at radius 3 is 2.59 bits per heavy atom. The molecular weight excluding hydrogens is 404 g/mol. The van der Waals surface area contributed by atoms with Crippen LogP contribution in [0.3, 0.4) is 0 Å². The molecule has 1 aliphatic carbocycles. The number of benzene rings is 1. The van der Waals surface area contributed by atoms with Gasteiger partial charge in [0.25, 0.3) is 11.5 Å². The summed E-state index contributed by atoms with van der Waals surface area (Å²) >= 11 is 0. The number of hydrogen-bond donors (Lipinski definition) is 1. The molecule has 6 rings (SSSR count). The molecule has 4 heterocycles. The lowest BCUT2D eigenvalue weighted by molar-refractivity contribution is 0.0644. The van der Waals surface area contributed by atoms with E-state index in [0.29, 0.717) is 24.7 Å². The van der Waals surface area contributed by atoms with Crippen LogP contribution in [-0.2, 0) is 24.8 Å². The van der Waals surface area contributed by atoms with Crippen molar-refractivity contribution in [2.75, 3.05) is 13.1 Å². The average Bonchev–Trinajstić information content (AvgIpc) is 3.42. The van der Waals surface area contributed by atoms with E-state index in [-0.39, 0.29) is 16.9 Å². The van der Waals surface area contributed by atoms with Crippen molar-refractivity contribution in [3.63, 3.8) is 0 Å². The second kappa shape index (κ2) is 7.39. The van der Waals surface area contributed by atoms with Crippen LogP contribution in [0.5, 0.6) is 0 Å². The number of piperidine rings is 1. The number of rotatable bonds is 2. The first-order valence-corrected chi connectivity index (χ1v) is 11.6. The van der Waals surface area contributed by atoms with Crippen molar-refractivity contribution in [3.8, 4) is 11.4 Å². The molecular formula is C24H26N6O2. The molecule has 1 saturated heterocycles. The van der Waals surface area contributed by atoms with Gasteiger partial charge < -0.3 is 14.5 Å². The molecule has 8 heteroatoms. The number of aryl methyl sites for hydroxylation is 1. The Morgan fingerprint density at radius 1 is 0.969 bits per heavy atom. The van der Waals surface area contributed by atoms with E-state index >= 15 is 0 Å². The molecule has 3 aliphatic rings. The summed E-state index contributed by atoms with van der Waals surface area (Å²) in [6.45, 7) is 2.12. The first-order valence-electron chi connectivity index (χ1n) is 11.6. The highest BCUT2D eigenvalue weighted by atomic mass is 16.2. The minimum absolute atomic E-state index is 0.0254. The van der Waals surface area contributed by atoms with Gasteiger partial charge in [-0.25, -0.2) is 4.98 Å². The van der Waals surface area contributed by atoms with Gasteiger partial charge in [0.05, 0.1) is 5.69 Å². The molecule has 1 amide bonds. The Morgan fingerprint density at radius 2 is 1.78 bits per heavy atom. The molecule has 8 nitrogen and oxygen atoms in total. The van der Waals surface area contributed by atoms with Crippen LogP contribution in [-0.4, -0.2) is 48.6 Å². The number of nitrogens with zero attached hydrogens (tertiary/aromatic N) is 5. The Bertz CT molecular complexity index is 1240. The van der Waals surface area contributed by atoms with Crippen molar-refractivity contribution < 1.29 is 4.79 Å². The first kappa shape index (κ1) is 19.4. The fourth-order valence-electron chi connectivity index (χ4n) is 5.62. The van der Waals surface area contributed by atoms with Gasteiger partial charge in [0.2, 0.25) is 5.82 Å². The third kappa shape index (κ3) is 3.00. The second-order valence-electron chi connectivity index (χ2n) is 9.23. The van der Waals surface area contributed by atoms with Crippen LogP contribution >= 0.6 is 0 Å². The molecule has 3 aromatic rings. The average molecular weight is 431 g/mol. The van der Waals surface area contributed by atoms with Crippen molar-refractivity contribution in [2.24, 2.45) is 0 Å². The Hall–Kier alpha value is -3.29. The normalized spacial score (nSPS) is 19.1. The molecule has 0 saturated carbocycles. The summed E-state index contributed by atoms with van der Waals surface area (Å²) in [5, 5.41) is 8.46. The maximum Gasteiger partial charge on any atom is 0.291 e. The summed E-state index contributed by atoms with van der Waals surface area (Å²) < 4.78 is 1.99.